The normalized spacial score (nSPS) is 19.5. The van der Waals surface area contributed by atoms with Gasteiger partial charge in [0.05, 0.1) is 11.0 Å². The molecule has 0 spiro atoms. The molecular weight excluding hydrogens is 401 g/mol. The van der Waals surface area contributed by atoms with Crippen molar-refractivity contribution in [2.45, 2.75) is 70.0 Å². The van der Waals surface area contributed by atoms with Crippen molar-refractivity contribution in [3.63, 3.8) is 0 Å². The molecule has 2 aliphatic rings. The highest BCUT2D eigenvalue weighted by Gasteiger charge is 2.38. The van der Waals surface area contributed by atoms with Gasteiger partial charge in [-0.15, -0.1) is 0 Å². The van der Waals surface area contributed by atoms with Crippen LogP contribution in [0.1, 0.15) is 68.8 Å². The molecule has 4 nitrogen and oxygen atoms in total. The number of benzene rings is 1. The zero-order valence-electron chi connectivity index (χ0n) is 17.7. The SMILES string of the molecule is FC(F)(F)c1nc2ccccc2c2c1nc(C1CCCCC1)n2CCC1CCNCC1. The van der Waals surface area contributed by atoms with Crippen LogP contribution in [0.3, 0.4) is 0 Å². The first-order chi connectivity index (χ1) is 15.0. The van der Waals surface area contributed by atoms with E-state index < -0.39 is 11.9 Å². The van der Waals surface area contributed by atoms with Crippen molar-refractivity contribution in [2.75, 3.05) is 13.1 Å². The number of piperidine rings is 1. The lowest BCUT2D eigenvalue weighted by Crippen LogP contribution is -2.28. The van der Waals surface area contributed by atoms with Gasteiger partial charge < -0.3 is 9.88 Å². The lowest BCUT2D eigenvalue weighted by molar-refractivity contribution is -0.139. The van der Waals surface area contributed by atoms with Crippen LogP contribution in [0.5, 0.6) is 0 Å². The second kappa shape index (κ2) is 8.41. The van der Waals surface area contributed by atoms with E-state index in [9.17, 15) is 13.2 Å². The van der Waals surface area contributed by atoms with E-state index in [-0.39, 0.29) is 11.4 Å². The Morgan fingerprint density at radius 2 is 1.71 bits per heavy atom. The van der Waals surface area contributed by atoms with Crippen molar-refractivity contribution in [3.8, 4) is 0 Å². The molecule has 1 N–H and O–H groups in total. The monoisotopic (exact) mass is 430 g/mol. The van der Waals surface area contributed by atoms with Crippen molar-refractivity contribution in [2.24, 2.45) is 5.92 Å². The van der Waals surface area contributed by atoms with Crippen molar-refractivity contribution in [3.05, 3.63) is 35.8 Å². The van der Waals surface area contributed by atoms with Crippen LogP contribution in [0.2, 0.25) is 0 Å². The number of rotatable bonds is 4. The maximum atomic E-state index is 14.0. The molecule has 1 aliphatic heterocycles. The summed E-state index contributed by atoms with van der Waals surface area (Å²) in [5, 5.41) is 4.17. The Kier molecular flexibility index (Phi) is 5.63. The Bertz CT molecular complexity index is 1060. The molecular formula is C24H29F3N4. The van der Waals surface area contributed by atoms with Gasteiger partial charge in [-0.05, 0) is 57.2 Å². The first kappa shape index (κ1) is 20.7. The van der Waals surface area contributed by atoms with Crippen molar-refractivity contribution < 1.29 is 13.2 Å². The van der Waals surface area contributed by atoms with Gasteiger partial charge in [0.2, 0.25) is 0 Å². The van der Waals surface area contributed by atoms with Crippen LogP contribution < -0.4 is 5.32 Å². The molecule has 166 valence electrons. The molecule has 3 heterocycles. The second-order valence-corrected chi connectivity index (χ2v) is 9.11. The van der Waals surface area contributed by atoms with Gasteiger partial charge in [0, 0.05) is 17.8 Å². The predicted octanol–water partition coefficient (Wildman–Crippen LogP) is 6.04. The van der Waals surface area contributed by atoms with Gasteiger partial charge in [-0.2, -0.15) is 13.2 Å². The highest BCUT2D eigenvalue weighted by molar-refractivity contribution is 6.03. The van der Waals surface area contributed by atoms with Gasteiger partial charge in [0.25, 0.3) is 0 Å². The van der Waals surface area contributed by atoms with E-state index in [0.29, 0.717) is 17.0 Å². The Balaban J connectivity index is 1.68. The molecule has 5 rings (SSSR count). The molecule has 0 unspecified atom stereocenters. The van der Waals surface area contributed by atoms with Gasteiger partial charge >= 0.3 is 6.18 Å². The first-order valence-electron chi connectivity index (χ1n) is 11.6. The smallest absolute Gasteiger partial charge is 0.327 e. The molecule has 2 fully saturated rings. The van der Waals surface area contributed by atoms with E-state index in [2.05, 4.69) is 19.9 Å². The van der Waals surface area contributed by atoms with Gasteiger partial charge in [-0.1, -0.05) is 37.5 Å². The van der Waals surface area contributed by atoms with E-state index in [1.807, 2.05) is 12.1 Å². The summed E-state index contributed by atoms with van der Waals surface area (Å²) in [5.74, 6) is 1.68. The number of nitrogens with zero attached hydrogens (tertiary/aromatic N) is 3. The molecule has 1 saturated heterocycles. The number of alkyl halides is 3. The molecule has 0 atom stereocenters. The van der Waals surface area contributed by atoms with Crippen molar-refractivity contribution in [1.82, 2.24) is 19.9 Å². The molecule has 0 amide bonds. The number of fused-ring (bicyclic) bond motifs is 3. The standard InChI is InChI=1S/C24H29F3N4/c25-24(26,27)22-20-21(18-8-4-5-9-19(18)29-22)31(15-12-16-10-13-28-14-11-16)23(30-20)17-6-2-1-3-7-17/h4-5,8-9,16-17,28H,1-3,6-7,10-15H2. The van der Waals surface area contributed by atoms with Gasteiger partial charge in [0.1, 0.15) is 11.3 Å². The molecule has 7 heteroatoms. The minimum Gasteiger partial charge on any atom is -0.327 e. The minimum absolute atomic E-state index is 0.0251. The number of hydrogen-bond acceptors (Lipinski definition) is 3. The largest absolute Gasteiger partial charge is 0.435 e. The molecule has 1 saturated carbocycles. The lowest BCUT2D eigenvalue weighted by atomic mass is 9.88. The summed E-state index contributed by atoms with van der Waals surface area (Å²) < 4.78 is 44.1. The lowest BCUT2D eigenvalue weighted by Gasteiger charge is -2.25. The number of pyridine rings is 1. The van der Waals surface area contributed by atoms with Gasteiger partial charge in [-0.3, -0.25) is 0 Å². The Morgan fingerprint density at radius 1 is 0.968 bits per heavy atom. The number of hydrogen-bond donors (Lipinski definition) is 1. The maximum absolute atomic E-state index is 14.0. The van der Waals surface area contributed by atoms with Gasteiger partial charge in [0.15, 0.2) is 5.69 Å². The van der Waals surface area contributed by atoms with Crippen LogP contribution in [0.4, 0.5) is 13.2 Å². The third-order valence-corrected chi connectivity index (χ3v) is 7.07. The second-order valence-electron chi connectivity index (χ2n) is 9.11. The van der Waals surface area contributed by atoms with Crippen LogP contribution in [0.25, 0.3) is 21.9 Å². The highest BCUT2D eigenvalue weighted by Crippen LogP contribution is 2.40. The topological polar surface area (TPSA) is 42.7 Å². The van der Waals surface area contributed by atoms with E-state index in [1.54, 1.807) is 12.1 Å². The zero-order valence-corrected chi connectivity index (χ0v) is 17.7. The summed E-state index contributed by atoms with van der Waals surface area (Å²) in [6.07, 6.45) is 4.14. The fourth-order valence-electron chi connectivity index (χ4n) is 5.43. The summed E-state index contributed by atoms with van der Waals surface area (Å²) in [6, 6.07) is 7.19. The third-order valence-electron chi connectivity index (χ3n) is 7.07. The fraction of sp³-hybridized carbons (Fsp3) is 0.583. The molecule has 1 aromatic carbocycles. The number of aromatic nitrogens is 3. The Hall–Kier alpha value is -2.15. The molecule has 0 bridgehead atoms. The summed E-state index contributed by atoms with van der Waals surface area (Å²) in [6.45, 7) is 2.77. The summed E-state index contributed by atoms with van der Waals surface area (Å²) in [4.78, 5) is 8.70. The highest BCUT2D eigenvalue weighted by atomic mass is 19.4. The minimum atomic E-state index is -4.53. The van der Waals surface area contributed by atoms with Crippen LogP contribution in [0.15, 0.2) is 24.3 Å². The van der Waals surface area contributed by atoms with E-state index in [1.165, 1.54) is 6.42 Å². The van der Waals surface area contributed by atoms with Crippen LogP contribution >= 0.6 is 0 Å². The number of para-hydroxylation sites is 1. The summed E-state index contributed by atoms with van der Waals surface area (Å²) in [7, 11) is 0. The van der Waals surface area contributed by atoms with Crippen LogP contribution in [0, 0.1) is 5.92 Å². The number of imidazole rings is 1. The Morgan fingerprint density at radius 3 is 2.45 bits per heavy atom. The summed E-state index contributed by atoms with van der Waals surface area (Å²) >= 11 is 0. The fourth-order valence-corrected chi connectivity index (χ4v) is 5.43. The average Bonchev–Trinajstić information content (AvgIpc) is 3.17. The summed E-state index contributed by atoms with van der Waals surface area (Å²) in [5.41, 5.74) is 0.184. The Labute approximate surface area is 180 Å². The average molecular weight is 431 g/mol. The number of halogens is 3. The molecule has 1 aliphatic carbocycles. The molecule has 31 heavy (non-hydrogen) atoms. The van der Waals surface area contributed by atoms with E-state index >= 15 is 0 Å². The number of nitrogens with one attached hydrogen (secondary N) is 1. The van der Waals surface area contributed by atoms with Gasteiger partial charge in [-0.25, -0.2) is 9.97 Å². The van der Waals surface area contributed by atoms with E-state index in [0.717, 1.165) is 75.8 Å². The first-order valence-corrected chi connectivity index (χ1v) is 11.6. The molecule has 3 aromatic rings. The maximum Gasteiger partial charge on any atom is 0.435 e. The van der Waals surface area contributed by atoms with Crippen molar-refractivity contribution in [1.29, 1.82) is 0 Å². The molecule has 0 radical (unpaired) electrons. The molecule has 2 aromatic heterocycles. The zero-order chi connectivity index (χ0) is 21.4. The van der Waals surface area contributed by atoms with Crippen LogP contribution in [-0.2, 0) is 12.7 Å². The van der Waals surface area contributed by atoms with Crippen LogP contribution in [-0.4, -0.2) is 27.6 Å². The quantitative estimate of drug-likeness (QED) is 0.549. The third kappa shape index (κ3) is 4.04. The van der Waals surface area contributed by atoms with E-state index in [4.69, 9.17) is 0 Å². The number of aryl methyl sites for hydroxylation is 1. The predicted molar refractivity (Wildman–Crippen MR) is 116 cm³/mol. The van der Waals surface area contributed by atoms with Crippen molar-refractivity contribution >= 4 is 21.9 Å².